The summed E-state index contributed by atoms with van der Waals surface area (Å²) in [5.41, 5.74) is 1.97. The van der Waals surface area contributed by atoms with Crippen LogP contribution in [-0.4, -0.2) is 17.2 Å². The minimum absolute atomic E-state index is 0.143. The number of hydrogen-bond acceptors (Lipinski definition) is 4. The third-order valence-corrected chi connectivity index (χ3v) is 3.93. The number of fused-ring (bicyclic) bond motifs is 1. The highest BCUT2D eigenvalue weighted by atomic mass is 32.1. The van der Waals surface area contributed by atoms with Crippen molar-refractivity contribution in [3.8, 4) is 11.5 Å². The summed E-state index contributed by atoms with van der Waals surface area (Å²) in [6.07, 6.45) is 3.93. The van der Waals surface area contributed by atoms with Crippen LogP contribution < -0.4 is 4.74 Å². The Morgan fingerprint density at radius 3 is 2.80 bits per heavy atom. The third-order valence-electron chi connectivity index (χ3n) is 2.93. The molecule has 100 valence electrons. The Kier molecular flexibility index (Phi) is 3.39. The number of aromatic nitrogens is 1. The van der Waals surface area contributed by atoms with Crippen LogP contribution in [-0.2, 0) is 0 Å². The van der Waals surface area contributed by atoms with Gasteiger partial charge in [0, 0.05) is 0 Å². The van der Waals surface area contributed by atoms with Gasteiger partial charge in [-0.25, -0.2) is 4.98 Å². The summed E-state index contributed by atoms with van der Waals surface area (Å²) in [5.74, 6) is 0.612. The van der Waals surface area contributed by atoms with Crippen LogP contribution in [0.2, 0.25) is 0 Å². The topological polar surface area (TPSA) is 42.4 Å². The predicted octanol–water partition coefficient (Wildman–Crippen LogP) is 4.18. The van der Waals surface area contributed by atoms with E-state index in [0.29, 0.717) is 5.75 Å². The molecule has 0 radical (unpaired) electrons. The average molecular weight is 283 g/mol. The lowest BCUT2D eigenvalue weighted by molar-refractivity contribution is 0.373. The number of phenols is 1. The fourth-order valence-corrected chi connectivity index (χ4v) is 2.80. The smallest absolute Gasteiger partial charge is 0.161 e. The summed E-state index contributed by atoms with van der Waals surface area (Å²) >= 11 is 1.65. The average Bonchev–Trinajstić information content (AvgIpc) is 2.89. The molecule has 1 N–H and O–H groups in total. The van der Waals surface area contributed by atoms with Gasteiger partial charge < -0.3 is 9.84 Å². The number of para-hydroxylation sites is 1. The maximum Gasteiger partial charge on any atom is 0.161 e. The van der Waals surface area contributed by atoms with Crippen LogP contribution in [0, 0.1) is 0 Å². The predicted molar refractivity (Wildman–Crippen MR) is 83.2 cm³/mol. The van der Waals surface area contributed by atoms with Gasteiger partial charge in [0.25, 0.3) is 0 Å². The molecule has 0 aliphatic carbocycles. The molecule has 3 nitrogen and oxygen atoms in total. The van der Waals surface area contributed by atoms with E-state index in [4.69, 9.17) is 4.74 Å². The highest BCUT2D eigenvalue weighted by Gasteiger charge is 2.02. The van der Waals surface area contributed by atoms with E-state index in [9.17, 15) is 5.11 Å². The summed E-state index contributed by atoms with van der Waals surface area (Å²) in [4.78, 5) is 4.54. The molecular formula is C16H13NO2S. The highest BCUT2D eigenvalue weighted by Crippen LogP contribution is 2.28. The third kappa shape index (κ3) is 2.51. The lowest BCUT2D eigenvalue weighted by Crippen LogP contribution is -1.84. The van der Waals surface area contributed by atoms with Crippen molar-refractivity contribution in [1.82, 2.24) is 4.98 Å². The van der Waals surface area contributed by atoms with Crippen molar-refractivity contribution in [2.75, 3.05) is 7.11 Å². The Hall–Kier alpha value is -2.33. The molecule has 3 rings (SSSR count). The summed E-state index contributed by atoms with van der Waals surface area (Å²) in [6.45, 7) is 0. The Morgan fingerprint density at radius 1 is 1.15 bits per heavy atom. The van der Waals surface area contributed by atoms with Gasteiger partial charge in [0.1, 0.15) is 5.01 Å². The van der Waals surface area contributed by atoms with Crippen molar-refractivity contribution in [3.63, 3.8) is 0 Å². The number of rotatable bonds is 3. The van der Waals surface area contributed by atoms with Crippen LogP contribution in [0.25, 0.3) is 22.4 Å². The first-order chi connectivity index (χ1) is 9.76. The van der Waals surface area contributed by atoms with Gasteiger partial charge in [-0.2, -0.15) is 0 Å². The van der Waals surface area contributed by atoms with Crippen LogP contribution in [0.15, 0.2) is 42.5 Å². The van der Waals surface area contributed by atoms with E-state index in [1.54, 1.807) is 23.5 Å². The molecule has 0 saturated carbocycles. The monoisotopic (exact) mass is 283 g/mol. The largest absolute Gasteiger partial charge is 0.504 e. The molecule has 0 aliphatic heterocycles. The van der Waals surface area contributed by atoms with Crippen LogP contribution in [0.4, 0.5) is 0 Å². The summed E-state index contributed by atoms with van der Waals surface area (Å²) < 4.78 is 6.27. The maximum absolute atomic E-state index is 9.56. The summed E-state index contributed by atoms with van der Waals surface area (Å²) in [7, 11) is 1.54. The summed E-state index contributed by atoms with van der Waals surface area (Å²) in [6, 6.07) is 13.3. The minimum atomic E-state index is 0.143. The SMILES string of the molecule is COc1cc(/C=C/c2nc3ccccc3s2)ccc1O. The van der Waals surface area contributed by atoms with Crippen molar-refractivity contribution in [2.45, 2.75) is 0 Å². The van der Waals surface area contributed by atoms with E-state index in [0.717, 1.165) is 16.1 Å². The minimum Gasteiger partial charge on any atom is -0.504 e. The van der Waals surface area contributed by atoms with Gasteiger partial charge in [0.15, 0.2) is 11.5 Å². The molecule has 0 atom stereocenters. The van der Waals surface area contributed by atoms with E-state index >= 15 is 0 Å². The van der Waals surface area contributed by atoms with Crippen LogP contribution in [0.5, 0.6) is 11.5 Å². The highest BCUT2D eigenvalue weighted by molar-refractivity contribution is 7.19. The first-order valence-corrected chi connectivity index (χ1v) is 6.98. The van der Waals surface area contributed by atoms with Gasteiger partial charge in [0.2, 0.25) is 0 Å². The Morgan fingerprint density at radius 2 is 2.00 bits per heavy atom. The number of nitrogens with zero attached hydrogens (tertiary/aromatic N) is 1. The van der Waals surface area contributed by atoms with Crippen molar-refractivity contribution in [2.24, 2.45) is 0 Å². The fourth-order valence-electron chi connectivity index (χ4n) is 1.93. The molecule has 0 saturated heterocycles. The normalized spacial score (nSPS) is 11.2. The van der Waals surface area contributed by atoms with Crippen LogP contribution in [0.3, 0.4) is 0 Å². The quantitative estimate of drug-likeness (QED) is 0.784. The van der Waals surface area contributed by atoms with E-state index in [2.05, 4.69) is 11.1 Å². The van der Waals surface area contributed by atoms with Gasteiger partial charge >= 0.3 is 0 Å². The first kappa shape index (κ1) is 12.7. The second-order valence-corrected chi connectivity index (χ2v) is 5.35. The van der Waals surface area contributed by atoms with Gasteiger partial charge in [-0.15, -0.1) is 11.3 Å². The number of thiazole rings is 1. The number of methoxy groups -OCH3 is 1. The Bertz CT molecular complexity index is 744. The van der Waals surface area contributed by atoms with Crippen molar-refractivity contribution in [3.05, 3.63) is 53.0 Å². The lowest BCUT2D eigenvalue weighted by Gasteiger charge is -2.03. The van der Waals surface area contributed by atoms with Crippen molar-refractivity contribution < 1.29 is 9.84 Å². The van der Waals surface area contributed by atoms with E-state index in [-0.39, 0.29) is 5.75 Å². The molecule has 4 heteroatoms. The molecule has 20 heavy (non-hydrogen) atoms. The molecule has 0 amide bonds. The van der Waals surface area contributed by atoms with Crippen molar-refractivity contribution in [1.29, 1.82) is 0 Å². The number of ether oxygens (including phenoxy) is 1. The van der Waals surface area contributed by atoms with Crippen molar-refractivity contribution >= 4 is 33.7 Å². The van der Waals surface area contributed by atoms with E-state index in [1.807, 2.05) is 36.4 Å². The second-order valence-electron chi connectivity index (χ2n) is 4.28. The van der Waals surface area contributed by atoms with E-state index in [1.165, 1.54) is 11.8 Å². The Labute approximate surface area is 120 Å². The molecule has 1 heterocycles. The standard InChI is InChI=1S/C16H13NO2S/c1-19-14-10-11(6-8-13(14)18)7-9-16-17-12-4-2-3-5-15(12)20-16/h2-10,18H,1H3/b9-7+. The lowest BCUT2D eigenvalue weighted by atomic mass is 10.2. The number of aromatic hydroxyl groups is 1. The zero-order valence-electron chi connectivity index (χ0n) is 10.9. The number of phenolic OH excluding ortho intramolecular Hbond substituents is 1. The fraction of sp³-hybridized carbons (Fsp3) is 0.0625. The Balaban J connectivity index is 1.89. The van der Waals surface area contributed by atoms with Crippen LogP contribution in [0.1, 0.15) is 10.6 Å². The molecule has 0 bridgehead atoms. The molecule has 0 aliphatic rings. The zero-order valence-corrected chi connectivity index (χ0v) is 11.7. The van der Waals surface area contributed by atoms with Gasteiger partial charge in [-0.1, -0.05) is 24.3 Å². The van der Waals surface area contributed by atoms with Crippen LogP contribution >= 0.6 is 11.3 Å². The zero-order chi connectivity index (χ0) is 13.9. The molecule has 1 aromatic heterocycles. The van der Waals surface area contributed by atoms with E-state index < -0.39 is 0 Å². The van der Waals surface area contributed by atoms with Gasteiger partial charge in [-0.05, 0) is 35.9 Å². The molecule has 3 aromatic rings. The number of benzene rings is 2. The maximum atomic E-state index is 9.56. The molecule has 0 spiro atoms. The van der Waals surface area contributed by atoms with Gasteiger partial charge in [-0.3, -0.25) is 0 Å². The number of hydrogen-bond donors (Lipinski definition) is 1. The van der Waals surface area contributed by atoms with Gasteiger partial charge in [0.05, 0.1) is 17.3 Å². The molecule has 2 aromatic carbocycles. The molecular weight excluding hydrogens is 270 g/mol. The first-order valence-electron chi connectivity index (χ1n) is 6.17. The molecule has 0 fully saturated rings. The summed E-state index contributed by atoms with van der Waals surface area (Å²) in [5, 5.41) is 10.5. The second kappa shape index (κ2) is 5.35. The molecule has 0 unspecified atom stereocenters.